The lowest BCUT2D eigenvalue weighted by Gasteiger charge is -2.09. The van der Waals surface area contributed by atoms with Crippen LogP contribution >= 0.6 is 0 Å². The van der Waals surface area contributed by atoms with Gasteiger partial charge in [-0.15, -0.1) is 5.69 Å². The molecule has 3 heteroatoms. The Bertz CT molecular complexity index is 506. The van der Waals surface area contributed by atoms with E-state index in [1.165, 1.54) is 0 Å². The Hall–Kier alpha value is -2.51. The topological polar surface area (TPSA) is 43.5 Å². The predicted molar refractivity (Wildman–Crippen MR) is 67.7 cm³/mol. The third-order valence-electron chi connectivity index (χ3n) is 2.11. The van der Waals surface area contributed by atoms with Crippen LogP contribution in [0.4, 0.5) is 5.69 Å². The summed E-state index contributed by atoms with van der Waals surface area (Å²) in [6.45, 7) is 0. The molecule has 0 radical (unpaired) electrons. The SMILES string of the molecule is O=C([C+]=N[N-]c1ccccc1)c1ccccc1. The summed E-state index contributed by atoms with van der Waals surface area (Å²) < 4.78 is 0. The number of hydrogen-bond acceptors (Lipinski definition) is 2. The van der Waals surface area contributed by atoms with Crippen LogP contribution in [0.25, 0.3) is 5.43 Å². The molecule has 0 heterocycles. The van der Waals surface area contributed by atoms with Crippen molar-refractivity contribution in [1.82, 2.24) is 0 Å². The lowest BCUT2D eigenvalue weighted by Crippen LogP contribution is -1.98. The number of rotatable bonds is 4. The zero-order chi connectivity index (χ0) is 11.9. The molecule has 82 valence electrons. The number of carbonyl (C=O) groups excluding carboxylic acids is 1. The monoisotopic (exact) mass is 222 g/mol. The minimum Gasteiger partial charge on any atom is -0.546 e. The number of hydrogen-bond donors (Lipinski definition) is 0. The first-order valence-electron chi connectivity index (χ1n) is 5.17. The van der Waals surface area contributed by atoms with Gasteiger partial charge in [0.1, 0.15) is 0 Å². The molecular weight excluding hydrogens is 212 g/mol. The van der Waals surface area contributed by atoms with E-state index in [1.807, 2.05) is 24.3 Å². The van der Waals surface area contributed by atoms with Crippen molar-refractivity contribution >= 4 is 17.7 Å². The first kappa shape index (κ1) is 11.0. The molecule has 0 amide bonds. The van der Waals surface area contributed by atoms with Gasteiger partial charge in [0.15, 0.2) is 5.56 Å². The molecule has 17 heavy (non-hydrogen) atoms. The molecule has 0 atom stereocenters. The van der Waals surface area contributed by atoms with Crippen LogP contribution in [0.5, 0.6) is 0 Å². The van der Waals surface area contributed by atoms with Crippen molar-refractivity contribution in [3.8, 4) is 0 Å². The van der Waals surface area contributed by atoms with Gasteiger partial charge in [-0.1, -0.05) is 36.4 Å². The molecule has 2 aromatic carbocycles. The fourth-order valence-electron chi connectivity index (χ4n) is 1.28. The third-order valence-corrected chi connectivity index (χ3v) is 2.11. The average Bonchev–Trinajstić information content (AvgIpc) is 2.41. The lowest BCUT2D eigenvalue weighted by molar-refractivity contribution is 0.107. The van der Waals surface area contributed by atoms with Crippen LogP contribution < -0.4 is 0 Å². The molecule has 0 aliphatic heterocycles. The summed E-state index contributed by atoms with van der Waals surface area (Å²) in [4.78, 5) is 11.6. The van der Waals surface area contributed by atoms with Gasteiger partial charge in [0.2, 0.25) is 0 Å². The average molecular weight is 222 g/mol. The van der Waals surface area contributed by atoms with E-state index in [1.54, 1.807) is 36.4 Å². The molecule has 0 bridgehead atoms. The van der Waals surface area contributed by atoms with Crippen LogP contribution in [0.2, 0.25) is 0 Å². The Morgan fingerprint density at radius 3 is 2.18 bits per heavy atom. The standard InChI is InChI=1S/C14H10N2O/c17-14(12-7-3-1-4-8-12)11-15-16-13-9-5-2-6-10-13/h1-10H. The largest absolute Gasteiger partial charge is 0.546 e. The third kappa shape index (κ3) is 3.23. The van der Waals surface area contributed by atoms with E-state index in [-0.39, 0.29) is 5.78 Å². The van der Waals surface area contributed by atoms with E-state index < -0.39 is 0 Å². The fraction of sp³-hybridized carbons (Fsp3) is 0. The number of ketones is 1. The maximum atomic E-state index is 11.6. The van der Waals surface area contributed by atoms with E-state index >= 15 is 0 Å². The first-order chi connectivity index (χ1) is 8.36. The Balaban J connectivity index is 1.96. The summed E-state index contributed by atoms with van der Waals surface area (Å²) in [6, 6.07) is 18.1. The number of Topliss-reactive ketones (excluding diaryl/α,β-unsaturated/α-hetero) is 1. The Morgan fingerprint density at radius 1 is 0.941 bits per heavy atom. The predicted octanol–water partition coefficient (Wildman–Crippen LogP) is 3.44. The molecule has 0 spiro atoms. The molecule has 0 fully saturated rings. The molecule has 3 nitrogen and oxygen atoms in total. The molecule has 0 aliphatic carbocycles. The van der Waals surface area contributed by atoms with Crippen molar-refractivity contribution in [3.05, 3.63) is 71.7 Å². The summed E-state index contributed by atoms with van der Waals surface area (Å²) in [6.07, 6.45) is 2.37. The Labute approximate surface area is 99.8 Å². The highest BCUT2D eigenvalue weighted by Crippen LogP contribution is 2.16. The highest BCUT2D eigenvalue weighted by Gasteiger charge is 2.13. The van der Waals surface area contributed by atoms with Gasteiger partial charge in [-0.3, -0.25) is 0 Å². The van der Waals surface area contributed by atoms with Crippen LogP contribution in [0.1, 0.15) is 10.4 Å². The van der Waals surface area contributed by atoms with E-state index in [0.29, 0.717) is 11.3 Å². The van der Waals surface area contributed by atoms with Crippen molar-refractivity contribution in [2.24, 2.45) is 5.10 Å². The van der Waals surface area contributed by atoms with Crippen molar-refractivity contribution in [1.29, 1.82) is 0 Å². The molecule has 2 rings (SSSR count). The number of nitrogens with zero attached hydrogens (tertiary/aromatic N) is 2. The molecule has 0 aliphatic rings. The van der Waals surface area contributed by atoms with E-state index in [2.05, 4.69) is 16.7 Å². The second kappa shape index (κ2) is 5.54. The molecule has 0 saturated heterocycles. The maximum Gasteiger partial charge on any atom is 0.422 e. The normalized spacial score (nSPS) is 9.88. The maximum absolute atomic E-state index is 11.6. The summed E-state index contributed by atoms with van der Waals surface area (Å²) in [7, 11) is 0. The van der Waals surface area contributed by atoms with Gasteiger partial charge in [-0.05, 0) is 12.1 Å². The minimum absolute atomic E-state index is 0.273. The minimum atomic E-state index is -0.273. The van der Waals surface area contributed by atoms with Crippen molar-refractivity contribution in [2.45, 2.75) is 0 Å². The second-order valence-corrected chi connectivity index (χ2v) is 3.34. The van der Waals surface area contributed by atoms with Crippen LogP contribution in [-0.2, 0) is 0 Å². The zero-order valence-corrected chi connectivity index (χ0v) is 9.08. The number of carbonyl (C=O) groups is 1. The molecule has 2 aromatic rings. The Morgan fingerprint density at radius 2 is 1.53 bits per heavy atom. The quantitative estimate of drug-likeness (QED) is 0.338. The van der Waals surface area contributed by atoms with E-state index in [0.717, 1.165) is 0 Å². The van der Waals surface area contributed by atoms with Gasteiger partial charge in [0.05, 0.1) is 0 Å². The van der Waals surface area contributed by atoms with Crippen molar-refractivity contribution < 1.29 is 4.79 Å². The van der Waals surface area contributed by atoms with Gasteiger partial charge in [0.25, 0.3) is 6.21 Å². The molecule has 0 unspecified atom stereocenters. The van der Waals surface area contributed by atoms with Crippen LogP contribution in [-0.4, -0.2) is 12.0 Å². The van der Waals surface area contributed by atoms with Crippen molar-refractivity contribution in [2.75, 3.05) is 0 Å². The van der Waals surface area contributed by atoms with Crippen LogP contribution in [0, 0.1) is 0 Å². The van der Waals surface area contributed by atoms with E-state index in [9.17, 15) is 4.79 Å². The zero-order valence-electron chi connectivity index (χ0n) is 9.08. The molecule has 0 N–H and O–H groups in total. The fourth-order valence-corrected chi connectivity index (χ4v) is 1.28. The van der Waals surface area contributed by atoms with E-state index in [4.69, 9.17) is 0 Å². The summed E-state index contributed by atoms with van der Waals surface area (Å²) >= 11 is 0. The van der Waals surface area contributed by atoms with Crippen LogP contribution in [0.3, 0.4) is 0 Å². The smallest absolute Gasteiger partial charge is 0.422 e. The first-order valence-corrected chi connectivity index (χ1v) is 5.17. The highest BCUT2D eigenvalue weighted by atomic mass is 16.1. The van der Waals surface area contributed by atoms with Gasteiger partial charge in [-0.2, -0.15) is 0 Å². The number of benzene rings is 2. The summed E-state index contributed by atoms with van der Waals surface area (Å²) in [5.41, 5.74) is 5.12. The van der Waals surface area contributed by atoms with Crippen LogP contribution in [0.15, 0.2) is 65.8 Å². The van der Waals surface area contributed by atoms with Gasteiger partial charge in [0, 0.05) is 12.1 Å². The van der Waals surface area contributed by atoms with Crippen molar-refractivity contribution in [3.63, 3.8) is 0 Å². The molecular formula is C14H10N2O. The lowest BCUT2D eigenvalue weighted by atomic mass is 10.1. The summed E-state index contributed by atoms with van der Waals surface area (Å²) in [5.74, 6) is -0.273. The molecule has 0 saturated carbocycles. The van der Waals surface area contributed by atoms with Gasteiger partial charge >= 0.3 is 5.78 Å². The summed E-state index contributed by atoms with van der Waals surface area (Å²) in [5, 5.41) is 3.64. The Kier molecular flexibility index (Phi) is 3.58. The second-order valence-electron chi connectivity index (χ2n) is 3.34. The van der Waals surface area contributed by atoms with Gasteiger partial charge in [-0.25, -0.2) is 9.90 Å². The molecule has 0 aromatic heterocycles. The highest BCUT2D eigenvalue weighted by molar-refractivity contribution is 6.35. The van der Waals surface area contributed by atoms with Gasteiger partial charge < -0.3 is 5.43 Å².